The van der Waals surface area contributed by atoms with E-state index in [1.54, 1.807) is 11.1 Å². The van der Waals surface area contributed by atoms with Crippen molar-refractivity contribution in [2.24, 2.45) is 0 Å². The molecule has 0 bridgehead atoms. The van der Waals surface area contributed by atoms with Crippen molar-refractivity contribution < 1.29 is 19.1 Å². The first-order valence-electron chi connectivity index (χ1n) is 7.56. The summed E-state index contributed by atoms with van der Waals surface area (Å²) < 4.78 is 12.3. The Hall–Kier alpha value is -2.41. The van der Waals surface area contributed by atoms with Gasteiger partial charge in [0.1, 0.15) is 5.65 Å². The third-order valence-corrected chi connectivity index (χ3v) is 3.83. The summed E-state index contributed by atoms with van der Waals surface area (Å²) in [4.78, 5) is 30.0. The van der Waals surface area contributed by atoms with Crippen LogP contribution in [0.15, 0.2) is 24.4 Å². The summed E-state index contributed by atoms with van der Waals surface area (Å²) in [6.07, 6.45) is 1.62. The van der Waals surface area contributed by atoms with Crippen molar-refractivity contribution >= 4 is 17.5 Å². The van der Waals surface area contributed by atoms with E-state index < -0.39 is 5.97 Å². The molecule has 0 N–H and O–H groups in total. The Labute approximate surface area is 133 Å². The number of rotatable bonds is 3. The van der Waals surface area contributed by atoms with Gasteiger partial charge >= 0.3 is 5.97 Å². The van der Waals surface area contributed by atoms with Crippen molar-refractivity contribution in [1.29, 1.82) is 0 Å². The molecular weight excluding hydrogens is 298 g/mol. The van der Waals surface area contributed by atoms with E-state index in [1.165, 1.54) is 0 Å². The monoisotopic (exact) mass is 317 g/mol. The molecule has 23 heavy (non-hydrogen) atoms. The maximum Gasteiger partial charge on any atom is 0.359 e. The molecule has 0 spiro atoms. The number of aryl methyl sites for hydroxylation is 1. The van der Waals surface area contributed by atoms with Gasteiger partial charge in [0.05, 0.1) is 12.7 Å². The number of hydrogen-bond donors (Lipinski definition) is 0. The van der Waals surface area contributed by atoms with Gasteiger partial charge in [0, 0.05) is 25.0 Å². The number of aromatic nitrogens is 2. The average Bonchev–Trinajstić information content (AvgIpc) is 2.98. The summed E-state index contributed by atoms with van der Waals surface area (Å²) in [6.45, 7) is 5.10. The molecule has 1 saturated heterocycles. The molecule has 1 amide bonds. The molecule has 1 atom stereocenters. The number of carbonyl (C=O) groups is 2. The van der Waals surface area contributed by atoms with E-state index in [4.69, 9.17) is 9.47 Å². The van der Waals surface area contributed by atoms with E-state index >= 15 is 0 Å². The minimum Gasteiger partial charge on any atom is -0.451 e. The van der Waals surface area contributed by atoms with Gasteiger partial charge in [-0.3, -0.25) is 4.79 Å². The first kappa shape index (κ1) is 15.5. The van der Waals surface area contributed by atoms with Gasteiger partial charge < -0.3 is 18.8 Å². The SMILES string of the molecule is Cc1cccc2nc(C(=O)OCC(=O)N3CCOC(C)C3)cn12. The Bertz CT molecular complexity index is 740. The second-order valence-corrected chi connectivity index (χ2v) is 5.62. The Kier molecular flexibility index (Phi) is 4.29. The number of esters is 1. The predicted octanol–water partition coefficient (Wildman–Crippen LogP) is 1.05. The van der Waals surface area contributed by atoms with Crippen molar-refractivity contribution in [3.05, 3.63) is 35.8 Å². The van der Waals surface area contributed by atoms with Crippen LogP contribution in [-0.4, -0.2) is 58.6 Å². The topological polar surface area (TPSA) is 73.1 Å². The molecule has 122 valence electrons. The highest BCUT2D eigenvalue weighted by atomic mass is 16.5. The van der Waals surface area contributed by atoms with E-state index in [0.29, 0.717) is 25.3 Å². The van der Waals surface area contributed by atoms with Crippen molar-refractivity contribution in [3.63, 3.8) is 0 Å². The standard InChI is InChI=1S/C16H19N3O4/c1-11-4-3-5-14-17-13(9-19(11)14)16(21)23-10-15(20)18-6-7-22-12(2)8-18/h3-5,9,12H,6-8,10H2,1-2H3. The van der Waals surface area contributed by atoms with Crippen LogP contribution >= 0.6 is 0 Å². The van der Waals surface area contributed by atoms with E-state index in [9.17, 15) is 9.59 Å². The van der Waals surface area contributed by atoms with E-state index in [0.717, 1.165) is 5.69 Å². The van der Waals surface area contributed by atoms with Gasteiger partial charge in [0.25, 0.3) is 5.91 Å². The minimum absolute atomic E-state index is 0.00446. The Morgan fingerprint density at radius 3 is 3.00 bits per heavy atom. The highest BCUT2D eigenvalue weighted by Gasteiger charge is 2.23. The fraction of sp³-hybridized carbons (Fsp3) is 0.438. The molecule has 3 rings (SSSR count). The van der Waals surface area contributed by atoms with Crippen LogP contribution in [-0.2, 0) is 14.3 Å². The molecule has 0 saturated carbocycles. The van der Waals surface area contributed by atoms with Gasteiger partial charge in [-0.25, -0.2) is 9.78 Å². The summed E-state index contributed by atoms with van der Waals surface area (Å²) in [5.74, 6) is -0.809. The van der Waals surface area contributed by atoms with Gasteiger partial charge in [-0.2, -0.15) is 0 Å². The van der Waals surface area contributed by atoms with Crippen molar-refractivity contribution in [2.45, 2.75) is 20.0 Å². The molecule has 0 aliphatic carbocycles. The first-order chi connectivity index (χ1) is 11.0. The zero-order chi connectivity index (χ0) is 16.4. The van der Waals surface area contributed by atoms with Gasteiger partial charge in [-0.1, -0.05) is 6.07 Å². The van der Waals surface area contributed by atoms with Crippen LogP contribution in [0.5, 0.6) is 0 Å². The van der Waals surface area contributed by atoms with Crippen molar-refractivity contribution in [2.75, 3.05) is 26.3 Å². The number of imidazole rings is 1. The lowest BCUT2D eigenvalue weighted by Gasteiger charge is -2.30. The predicted molar refractivity (Wildman–Crippen MR) is 82.2 cm³/mol. The molecule has 7 nitrogen and oxygen atoms in total. The fourth-order valence-electron chi connectivity index (χ4n) is 2.58. The van der Waals surface area contributed by atoms with Crippen LogP contribution in [0.2, 0.25) is 0 Å². The second-order valence-electron chi connectivity index (χ2n) is 5.62. The quantitative estimate of drug-likeness (QED) is 0.791. The summed E-state index contributed by atoms with van der Waals surface area (Å²) >= 11 is 0. The third kappa shape index (κ3) is 3.34. The fourth-order valence-corrected chi connectivity index (χ4v) is 2.58. The van der Waals surface area contributed by atoms with Gasteiger partial charge in [-0.15, -0.1) is 0 Å². The number of morpholine rings is 1. The van der Waals surface area contributed by atoms with Crippen molar-refractivity contribution in [3.8, 4) is 0 Å². The summed E-state index contributed by atoms with van der Waals surface area (Å²) in [7, 11) is 0. The van der Waals surface area contributed by atoms with Crippen LogP contribution in [0, 0.1) is 6.92 Å². The van der Waals surface area contributed by atoms with Crippen LogP contribution in [0.1, 0.15) is 23.1 Å². The second kappa shape index (κ2) is 6.37. The molecular formula is C16H19N3O4. The lowest BCUT2D eigenvalue weighted by Crippen LogP contribution is -2.46. The Morgan fingerprint density at radius 1 is 1.43 bits per heavy atom. The molecule has 0 aromatic carbocycles. The maximum absolute atomic E-state index is 12.1. The number of amides is 1. The van der Waals surface area contributed by atoms with E-state index in [-0.39, 0.29) is 24.3 Å². The molecule has 1 fully saturated rings. The zero-order valence-electron chi connectivity index (χ0n) is 13.2. The van der Waals surface area contributed by atoms with Crippen LogP contribution in [0.3, 0.4) is 0 Å². The Balaban J connectivity index is 1.62. The average molecular weight is 317 g/mol. The first-order valence-corrected chi connectivity index (χ1v) is 7.56. The molecule has 1 aliphatic rings. The van der Waals surface area contributed by atoms with Gasteiger partial charge in [0.2, 0.25) is 0 Å². The van der Waals surface area contributed by atoms with E-state index in [1.807, 2.05) is 36.4 Å². The molecule has 7 heteroatoms. The minimum atomic E-state index is -0.595. The third-order valence-electron chi connectivity index (χ3n) is 3.83. The smallest absolute Gasteiger partial charge is 0.359 e. The number of fused-ring (bicyclic) bond motifs is 1. The summed E-state index contributed by atoms with van der Waals surface area (Å²) in [6, 6.07) is 5.60. The van der Waals surface area contributed by atoms with Crippen LogP contribution in [0.25, 0.3) is 5.65 Å². The molecule has 1 unspecified atom stereocenters. The van der Waals surface area contributed by atoms with Crippen molar-refractivity contribution in [1.82, 2.24) is 14.3 Å². The number of hydrogen-bond acceptors (Lipinski definition) is 5. The Morgan fingerprint density at radius 2 is 2.26 bits per heavy atom. The van der Waals surface area contributed by atoms with Crippen LogP contribution in [0.4, 0.5) is 0 Å². The number of nitrogens with zero attached hydrogens (tertiary/aromatic N) is 3. The number of ether oxygens (including phenoxy) is 2. The lowest BCUT2D eigenvalue weighted by atomic mass is 10.3. The maximum atomic E-state index is 12.1. The summed E-state index contributed by atoms with van der Waals surface area (Å²) in [5.41, 5.74) is 1.83. The number of carbonyl (C=O) groups excluding carboxylic acids is 2. The molecule has 2 aromatic rings. The van der Waals surface area contributed by atoms with E-state index in [2.05, 4.69) is 4.98 Å². The lowest BCUT2D eigenvalue weighted by molar-refractivity contribution is -0.141. The highest BCUT2D eigenvalue weighted by Crippen LogP contribution is 2.10. The normalized spacial score (nSPS) is 18.2. The molecule has 1 aliphatic heterocycles. The molecule has 2 aromatic heterocycles. The van der Waals surface area contributed by atoms with Gasteiger partial charge in [0.15, 0.2) is 12.3 Å². The molecule has 3 heterocycles. The summed E-state index contributed by atoms with van der Waals surface area (Å²) in [5, 5.41) is 0. The largest absolute Gasteiger partial charge is 0.451 e. The van der Waals surface area contributed by atoms with Gasteiger partial charge in [-0.05, 0) is 26.0 Å². The highest BCUT2D eigenvalue weighted by molar-refractivity contribution is 5.90. The molecule has 0 radical (unpaired) electrons. The van der Waals surface area contributed by atoms with Crippen LogP contribution < -0.4 is 0 Å². The zero-order valence-corrected chi connectivity index (χ0v) is 13.2. The number of pyridine rings is 1.